The van der Waals surface area contributed by atoms with Gasteiger partial charge in [-0.25, -0.2) is 0 Å². The normalized spacial score (nSPS) is 35.5. The Balaban J connectivity index is 2.59. The average molecular weight is 274 g/mol. The molecule has 0 radical (unpaired) electrons. The predicted molar refractivity (Wildman–Crippen MR) is 75.3 cm³/mol. The highest BCUT2D eigenvalue weighted by atomic mass is 16.6. The maximum absolute atomic E-state index is 10.6. The fourth-order valence-corrected chi connectivity index (χ4v) is 2.25. The second kappa shape index (κ2) is 8.20. The van der Waals surface area contributed by atoms with E-state index < -0.39 is 5.60 Å². The summed E-state index contributed by atoms with van der Waals surface area (Å²) in [5.74, 6) is 0. The quantitative estimate of drug-likeness (QED) is 0.691. The maximum atomic E-state index is 10.6. The Hall–Kier alpha value is -0.160. The molecular formula is C15H30O4. The first kappa shape index (κ1) is 16.9. The summed E-state index contributed by atoms with van der Waals surface area (Å²) in [6.45, 7) is 9.79. The van der Waals surface area contributed by atoms with Crippen molar-refractivity contribution in [3.63, 3.8) is 0 Å². The van der Waals surface area contributed by atoms with E-state index in [9.17, 15) is 5.11 Å². The molecular weight excluding hydrogens is 244 g/mol. The van der Waals surface area contributed by atoms with Crippen LogP contribution in [0.3, 0.4) is 0 Å². The zero-order valence-corrected chi connectivity index (χ0v) is 12.9. The first-order valence-electron chi connectivity index (χ1n) is 7.61. The topological polar surface area (TPSA) is 47.9 Å². The van der Waals surface area contributed by atoms with Crippen LogP contribution in [0.4, 0.5) is 0 Å². The third kappa shape index (κ3) is 4.71. The molecule has 0 aromatic carbocycles. The van der Waals surface area contributed by atoms with Gasteiger partial charge in [-0.2, -0.15) is 0 Å². The summed E-state index contributed by atoms with van der Waals surface area (Å²) < 4.78 is 17.4. The van der Waals surface area contributed by atoms with E-state index in [0.717, 1.165) is 25.7 Å². The van der Waals surface area contributed by atoms with Gasteiger partial charge in [-0.05, 0) is 26.7 Å². The van der Waals surface area contributed by atoms with Crippen LogP contribution in [0.15, 0.2) is 0 Å². The summed E-state index contributed by atoms with van der Waals surface area (Å²) in [6, 6.07) is 0. The van der Waals surface area contributed by atoms with Crippen LogP contribution in [-0.2, 0) is 14.2 Å². The molecule has 0 aliphatic carbocycles. The molecule has 0 spiro atoms. The van der Waals surface area contributed by atoms with Crippen molar-refractivity contribution in [2.45, 2.75) is 77.3 Å². The molecule has 1 aliphatic heterocycles. The lowest BCUT2D eigenvalue weighted by atomic mass is 9.87. The van der Waals surface area contributed by atoms with Gasteiger partial charge >= 0.3 is 0 Å². The maximum Gasteiger partial charge on any atom is 0.117 e. The molecule has 1 aliphatic rings. The Morgan fingerprint density at radius 3 is 2.32 bits per heavy atom. The van der Waals surface area contributed by atoms with Crippen molar-refractivity contribution in [2.75, 3.05) is 19.8 Å². The van der Waals surface area contributed by atoms with Crippen molar-refractivity contribution >= 4 is 0 Å². The average Bonchev–Trinajstić information content (AvgIpc) is 2.37. The summed E-state index contributed by atoms with van der Waals surface area (Å²) in [5.41, 5.74) is -0.997. The summed E-state index contributed by atoms with van der Waals surface area (Å²) in [5, 5.41) is 10.6. The van der Waals surface area contributed by atoms with E-state index in [4.69, 9.17) is 14.2 Å². The van der Waals surface area contributed by atoms with Gasteiger partial charge in [0.05, 0.1) is 12.7 Å². The third-order valence-corrected chi connectivity index (χ3v) is 3.87. The summed E-state index contributed by atoms with van der Waals surface area (Å²) >= 11 is 0. The molecule has 0 amide bonds. The minimum atomic E-state index is -0.997. The van der Waals surface area contributed by atoms with Crippen LogP contribution in [0.25, 0.3) is 0 Å². The van der Waals surface area contributed by atoms with Gasteiger partial charge in [-0.1, -0.05) is 26.7 Å². The SMILES string of the molecule is CCCCOC1COC(C)[C@](C)(O)C1OCCCC. The number of ether oxygens (including phenoxy) is 3. The van der Waals surface area contributed by atoms with E-state index in [2.05, 4.69) is 13.8 Å². The molecule has 4 heteroatoms. The van der Waals surface area contributed by atoms with E-state index >= 15 is 0 Å². The second-order valence-electron chi connectivity index (χ2n) is 5.61. The number of aliphatic hydroxyl groups is 1. The monoisotopic (exact) mass is 274 g/mol. The van der Waals surface area contributed by atoms with Gasteiger partial charge in [0, 0.05) is 13.2 Å². The standard InChI is InChI=1S/C15H30O4/c1-5-7-9-17-13-11-19-12(3)15(4,16)14(13)18-10-8-6-2/h12-14,16H,5-11H2,1-4H3/t12?,13?,14?,15-/m0/s1. The molecule has 4 nitrogen and oxygen atoms in total. The highest BCUT2D eigenvalue weighted by Gasteiger charge is 2.48. The zero-order valence-electron chi connectivity index (χ0n) is 12.9. The summed E-state index contributed by atoms with van der Waals surface area (Å²) in [4.78, 5) is 0. The van der Waals surface area contributed by atoms with Gasteiger partial charge in [0.25, 0.3) is 0 Å². The smallest absolute Gasteiger partial charge is 0.117 e. The van der Waals surface area contributed by atoms with Gasteiger partial charge in [-0.3, -0.25) is 0 Å². The van der Waals surface area contributed by atoms with Crippen LogP contribution in [0.5, 0.6) is 0 Å². The Morgan fingerprint density at radius 2 is 1.74 bits per heavy atom. The first-order chi connectivity index (χ1) is 9.04. The van der Waals surface area contributed by atoms with Crippen LogP contribution in [0.2, 0.25) is 0 Å². The minimum absolute atomic E-state index is 0.172. The molecule has 1 rings (SSSR count). The molecule has 4 atom stereocenters. The number of rotatable bonds is 8. The Bertz CT molecular complexity index is 242. The first-order valence-corrected chi connectivity index (χ1v) is 7.61. The second-order valence-corrected chi connectivity index (χ2v) is 5.61. The van der Waals surface area contributed by atoms with Crippen molar-refractivity contribution in [3.8, 4) is 0 Å². The summed E-state index contributed by atoms with van der Waals surface area (Å²) in [6.07, 6.45) is 3.50. The van der Waals surface area contributed by atoms with E-state index in [1.165, 1.54) is 0 Å². The predicted octanol–water partition coefficient (Wildman–Crippen LogP) is 2.53. The molecule has 0 aromatic heterocycles. The number of unbranched alkanes of at least 4 members (excludes halogenated alkanes) is 2. The van der Waals surface area contributed by atoms with Crippen LogP contribution >= 0.6 is 0 Å². The largest absolute Gasteiger partial charge is 0.385 e. The molecule has 1 N–H and O–H groups in total. The fourth-order valence-electron chi connectivity index (χ4n) is 2.25. The molecule has 0 saturated carbocycles. The van der Waals surface area contributed by atoms with Gasteiger partial charge in [0.15, 0.2) is 0 Å². The Kier molecular flexibility index (Phi) is 7.29. The molecule has 0 bridgehead atoms. The highest BCUT2D eigenvalue weighted by molar-refractivity contribution is 4.97. The van der Waals surface area contributed by atoms with E-state index in [1.54, 1.807) is 6.92 Å². The number of hydrogen-bond donors (Lipinski definition) is 1. The Morgan fingerprint density at radius 1 is 1.16 bits per heavy atom. The zero-order chi connectivity index (χ0) is 14.3. The molecule has 1 fully saturated rings. The van der Waals surface area contributed by atoms with Crippen LogP contribution < -0.4 is 0 Å². The van der Waals surface area contributed by atoms with E-state index in [1.807, 2.05) is 6.92 Å². The van der Waals surface area contributed by atoms with Crippen molar-refractivity contribution in [1.82, 2.24) is 0 Å². The molecule has 19 heavy (non-hydrogen) atoms. The molecule has 3 unspecified atom stereocenters. The molecule has 114 valence electrons. The van der Waals surface area contributed by atoms with Gasteiger partial charge in [0.2, 0.25) is 0 Å². The van der Waals surface area contributed by atoms with Crippen molar-refractivity contribution in [3.05, 3.63) is 0 Å². The third-order valence-electron chi connectivity index (χ3n) is 3.87. The van der Waals surface area contributed by atoms with Crippen LogP contribution in [-0.4, -0.2) is 48.8 Å². The summed E-state index contributed by atoms with van der Waals surface area (Å²) in [7, 11) is 0. The van der Waals surface area contributed by atoms with Gasteiger partial charge in [0.1, 0.15) is 17.8 Å². The Labute approximate surface area is 117 Å². The molecule has 1 heterocycles. The van der Waals surface area contributed by atoms with Crippen molar-refractivity contribution in [1.29, 1.82) is 0 Å². The lowest BCUT2D eigenvalue weighted by molar-refractivity contribution is -0.254. The van der Waals surface area contributed by atoms with Crippen molar-refractivity contribution < 1.29 is 19.3 Å². The van der Waals surface area contributed by atoms with Gasteiger partial charge in [-0.15, -0.1) is 0 Å². The fraction of sp³-hybridized carbons (Fsp3) is 1.00. The lowest BCUT2D eigenvalue weighted by Crippen LogP contribution is -2.62. The lowest BCUT2D eigenvalue weighted by Gasteiger charge is -2.45. The number of hydrogen-bond acceptors (Lipinski definition) is 4. The van der Waals surface area contributed by atoms with E-state index in [-0.39, 0.29) is 18.3 Å². The van der Waals surface area contributed by atoms with Crippen LogP contribution in [0.1, 0.15) is 53.4 Å². The van der Waals surface area contributed by atoms with E-state index in [0.29, 0.717) is 19.8 Å². The minimum Gasteiger partial charge on any atom is -0.385 e. The molecule has 1 saturated heterocycles. The van der Waals surface area contributed by atoms with Crippen molar-refractivity contribution in [2.24, 2.45) is 0 Å². The molecule has 0 aromatic rings. The van der Waals surface area contributed by atoms with Crippen LogP contribution in [0, 0.1) is 0 Å². The highest BCUT2D eigenvalue weighted by Crippen LogP contribution is 2.30. The van der Waals surface area contributed by atoms with Gasteiger partial charge < -0.3 is 19.3 Å².